The zero-order valence-corrected chi connectivity index (χ0v) is 17.0. The monoisotopic (exact) mass is 400 g/mol. The van der Waals surface area contributed by atoms with Crippen LogP contribution in [0.4, 0.5) is 0 Å². The summed E-state index contributed by atoms with van der Waals surface area (Å²) in [7, 11) is 1.55. The first-order chi connectivity index (χ1) is 14.1. The van der Waals surface area contributed by atoms with Crippen molar-refractivity contribution in [3.63, 3.8) is 0 Å². The van der Waals surface area contributed by atoms with Crippen LogP contribution in [0.5, 0.6) is 0 Å². The molecule has 2 aromatic carbocycles. The highest BCUT2D eigenvalue weighted by atomic mass is 16.9. The summed E-state index contributed by atoms with van der Waals surface area (Å²) in [4.78, 5) is 0. The second-order valence-corrected chi connectivity index (χ2v) is 7.50. The largest absolute Gasteiger partial charge is 0.368 e. The van der Waals surface area contributed by atoms with Crippen molar-refractivity contribution < 1.29 is 28.4 Å². The van der Waals surface area contributed by atoms with Crippen molar-refractivity contribution in [2.24, 2.45) is 0 Å². The first-order valence-electron chi connectivity index (χ1n) is 9.95. The molecule has 0 bridgehead atoms. The number of methoxy groups -OCH3 is 1. The average molecular weight is 400 g/mol. The highest BCUT2D eigenvalue weighted by Gasteiger charge is 2.56. The molecule has 0 N–H and O–H groups in total. The third kappa shape index (κ3) is 4.69. The Balaban J connectivity index is 1.52. The lowest BCUT2D eigenvalue weighted by Crippen LogP contribution is -2.57. The minimum atomic E-state index is -1.17. The Bertz CT molecular complexity index is 769. The summed E-state index contributed by atoms with van der Waals surface area (Å²) in [6, 6.07) is 20.1. The molecular weight excluding hydrogens is 372 g/mol. The number of hydrogen-bond acceptors (Lipinski definition) is 6. The van der Waals surface area contributed by atoms with Crippen molar-refractivity contribution in [3.8, 4) is 0 Å². The van der Waals surface area contributed by atoms with Crippen molar-refractivity contribution in [1.82, 2.24) is 0 Å². The van der Waals surface area contributed by atoms with Crippen LogP contribution in [0, 0.1) is 0 Å². The van der Waals surface area contributed by atoms with Crippen LogP contribution in [0.25, 0.3) is 0 Å². The van der Waals surface area contributed by atoms with Crippen molar-refractivity contribution in [2.45, 2.75) is 63.7 Å². The maximum atomic E-state index is 6.33. The summed E-state index contributed by atoms with van der Waals surface area (Å²) in [5, 5.41) is 0. The van der Waals surface area contributed by atoms with Crippen LogP contribution < -0.4 is 0 Å². The zero-order chi connectivity index (χ0) is 20.3. The molecule has 2 heterocycles. The van der Waals surface area contributed by atoms with Crippen LogP contribution >= 0.6 is 0 Å². The third-order valence-electron chi connectivity index (χ3n) is 5.35. The SMILES string of the molecule is COC1(C)OC2[C@H](OC(C)[C@H](OCc3ccccc3)[C@@H]2OCc2ccccc2)O1. The van der Waals surface area contributed by atoms with Gasteiger partial charge in [-0.25, -0.2) is 0 Å². The van der Waals surface area contributed by atoms with E-state index in [9.17, 15) is 0 Å². The predicted molar refractivity (Wildman–Crippen MR) is 106 cm³/mol. The van der Waals surface area contributed by atoms with E-state index in [2.05, 4.69) is 0 Å². The molecule has 0 aromatic heterocycles. The molecule has 6 atom stereocenters. The molecule has 156 valence electrons. The zero-order valence-electron chi connectivity index (χ0n) is 17.0. The van der Waals surface area contributed by atoms with Gasteiger partial charge in [-0.2, -0.15) is 0 Å². The number of ether oxygens (including phenoxy) is 6. The molecular formula is C23H28O6. The molecule has 2 saturated heterocycles. The Morgan fingerprint density at radius 1 is 0.828 bits per heavy atom. The van der Waals surface area contributed by atoms with Gasteiger partial charge in [0.1, 0.15) is 18.3 Å². The second-order valence-electron chi connectivity index (χ2n) is 7.50. The summed E-state index contributed by atoms with van der Waals surface area (Å²) in [6.07, 6.45) is -1.95. The first-order valence-corrected chi connectivity index (χ1v) is 9.95. The van der Waals surface area contributed by atoms with E-state index in [1.54, 1.807) is 14.0 Å². The van der Waals surface area contributed by atoms with Gasteiger partial charge in [0.2, 0.25) is 0 Å². The fraction of sp³-hybridized carbons (Fsp3) is 0.478. The standard InChI is InChI=1S/C23H28O6/c1-16-19(25-14-17-10-6-4-7-11-17)20(26-15-18-12-8-5-9-13-18)21-22(27-16)29-23(2,24-3)28-21/h4-13,16,19-22H,14-15H2,1-3H3/t16?,19-,20-,21?,22+,23?/m0/s1. The van der Waals surface area contributed by atoms with E-state index in [0.29, 0.717) is 13.2 Å². The fourth-order valence-corrected chi connectivity index (χ4v) is 3.73. The van der Waals surface area contributed by atoms with Crippen LogP contribution in [0.1, 0.15) is 25.0 Å². The summed E-state index contributed by atoms with van der Waals surface area (Å²) >= 11 is 0. The first kappa shape index (κ1) is 20.5. The molecule has 6 nitrogen and oxygen atoms in total. The van der Waals surface area contributed by atoms with Gasteiger partial charge in [-0.3, -0.25) is 4.74 Å². The van der Waals surface area contributed by atoms with Gasteiger partial charge in [0.15, 0.2) is 6.29 Å². The number of fused-ring (bicyclic) bond motifs is 1. The highest BCUT2D eigenvalue weighted by Crippen LogP contribution is 2.39. The van der Waals surface area contributed by atoms with E-state index in [-0.39, 0.29) is 18.3 Å². The van der Waals surface area contributed by atoms with E-state index in [1.807, 2.05) is 67.6 Å². The fourth-order valence-electron chi connectivity index (χ4n) is 3.73. The van der Waals surface area contributed by atoms with Crippen LogP contribution in [0.15, 0.2) is 60.7 Å². The van der Waals surface area contributed by atoms with E-state index in [4.69, 9.17) is 28.4 Å². The molecule has 0 saturated carbocycles. The van der Waals surface area contributed by atoms with Crippen molar-refractivity contribution in [3.05, 3.63) is 71.8 Å². The van der Waals surface area contributed by atoms with E-state index < -0.39 is 18.4 Å². The molecule has 2 aliphatic heterocycles. The number of rotatable bonds is 7. The number of hydrogen-bond donors (Lipinski definition) is 0. The lowest BCUT2D eigenvalue weighted by atomic mass is 9.99. The molecule has 0 spiro atoms. The molecule has 0 radical (unpaired) electrons. The van der Waals surface area contributed by atoms with Gasteiger partial charge in [0.25, 0.3) is 5.97 Å². The van der Waals surface area contributed by atoms with Gasteiger partial charge in [-0.15, -0.1) is 0 Å². The van der Waals surface area contributed by atoms with Crippen LogP contribution in [0.2, 0.25) is 0 Å². The Labute approximate surface area is 171 Å². The molecule has 3 unspecified atom stereocenters. The molecule has 0 aliphatic carbocycles. The van der Waals surface area contributed by atoms with Crippen LogP contribution in [0.3, 0.4) is 0 Å². The van der Waals surface area contributed by atoms with Gasteiger partial charge in [-0.05, 0) is 18.1 Å². The van der Waals surface area contributed by atoms with E-state index >= 15 is 0 Å². The highest BCUT2D eigenvalue weighted by molar-refractivity contribution is 5.14. The number of benzene rings is 2. The predicted octanol–water partition coefficient (Wildman–Crippen LogP) is 3.64. The lowest BCUT2D eigenvalue weighted by molar-refractivity contribution is -0.333. The lowest BCUT2D eigenvalue weighted by Gasteiger charge is -2.41. The maximum Gasteiger partial charge on any atom is 0.282 e. The Morgan fingerprint density at radius 3 is 1.93 bits per heavy atom. The summed E-state index contributed by atoms with van der Waals surface area (Å²) in [6.45, 7) is 4.61. The smallest absolute Gasteiger partial charge is 0.282 e. The Kier molecular flexibility index (Phi) is 6.29. The average Bonchev–Trinajstić information content (AvgIpc) is 3.09. The Hall–Kier alpha value is -1.80. The third-order valence-corrected chi connectivity index (χ3v) is 5.35. The summed E-state index contributed by atoms with van der Waals surface area (Å²) < 4.78 is 36.0. The van der Waals surface area contributed by atoms with Crippen LogP contribution in [-0.4, -0.2) is 43.8 Å². The van der Waals surface area contributed by atoms with Gasteiger partial charge < -0.3 is 23.7 Å². The van der Waals surface area contributed by atoms with Gasteiger partial charge in [0.05, 0.1) is 19.3 Å². The van der Waals surface area contributed by atoms with Crippen molar-refractivity contribution in [1.29, 1.82) is 0 Å². The maximum absolute atomic E-state index is 6.33. The van der Waals surface area contributed by atoms with Crippen LogP contribution in [-0.2, 0) is 41.6 Å². The molecule has 2 aliphatic rings. The molecule has 2 aromatic rings. The second kappa shape index (κ2) is 8.92. The van der Waals surface area contributed by atoms with Crippen molar-refractivity contribution >= 4 is 0 Å². The molecule has 2 fully saturated rings. The van der Waals surface area contributed by atoms with Gasteiger partial charge in [-0.1, -0.05) is 60.7 Å². The minimum Gasteiger partial charge on any atom is -0.368 e. The van der Waals surface area contributed by atoms with E-state index in [0.717, 1.165) is 11.1 Å². The molecule has 0 amide bonds. The Morgan fingerprint density at radius 2 is 1.38 bits per heavy atom. The molecule has 6 heteroatoms. The van der Waals surface area contributed by atoms with Crippen molar-refractivity contribution in [2.75, 3.05) is 7.11 Å². The van der Waals surface area contributed by atoms with Gasteiger partial charge in [0, 0.05) is 14.0 Å². The normalized spacial score (nSPS) is 34.1. The summed E-state index contributed by atoms with van der Waals surface area (Å²) in [5.41, 5.74) is 2.17. The van der Waals surface area contributed by atoms with Gasteiger partial charge >= 0.3 is 0 Å². The topological polar surface area (TPSA) is 55.4 Å². The quantitative estimate of drug-likeness (QED) is 0.707. The molecule has 29 heavy (non-hydrogen) atoms. The molecule has 4 rings (SSSR count). The van der Waals surface area contributed by atoms with E-state index in [1.165, 1.54) is 0 Å². The minimum absolute atomic E-state index is 0.233. The summed E-state index contributed by atoms with van der Waals surface area (Å²) in [5.74, 6) is -1.17.